The van der Waals surface area contributed by atoms with Crippen molar-refractivity contribution in [1.29, 1.82) is 0 Å². The van der Waals surface area contributed by atoms with Crippen molar-refractivity contribution in [2.24, 2.45) is 0 Å². The molecule has 1 saturated carbocycles. The van der Waals surface area contributed by atoms with Crippen LogP contribution in [-0.2, 0) is 4.74 Å². The zero-order valence-electron chi connectivity index (χ0n) is 14.9. The number of carbonyl (C=O) groups excluding carboxylic acids is 1. The molecule has 1 amide bonds. The number of hydrogen-bond donors (Lipinski definition) is 1. The zero-order valence-corrected chi connectivity index (χ0v) is 14.9. The van der Waals surface area contributed by atoms with E-state index in [1.54, 1.807) is 17.3 Å². The second kappa shape index (κ2) is 6.71. The van der Waals surface area contributed by atoms with Crippen LogP contribution in [0.15, 0.2) is 18.5 Å². The van der Waals surface area contributed by atoms with E-state index in [4.69, 9.17) is 4.74 Å². The van der Waals surface area contributed by atoms with Crippen LogP contribution < -0.4 is 0 Å². The number of hydrogen-bond acceptors (Lipinski definition) is 4. The molecule has 2 fully saturated rings. The van der Waals surface area contributed by atoms with Crippen molar-refractivity contribution in [2.75, 3.05) is 6.54 Å². The summed E-state index contributed by atoms with van der Waals surface area (Å²) in [6.45, 7) is 6.24. The Morgan fingerprint density at radius 1 is 1.33 bits per heavy atom. The summed E-state index contributed by atoms with van der Waals surface area (Å²) in [6, 6.07) is 1.77. The molecule has 5 heteroatoms. The van der Waals surface area contributed by atoms with Crippen molar-refractivity contribution < 1.29 is 14.6 Å². The van der Waals surface area contributed by atoms with Crippen molar-refractivity contribution in [1.82, 2.24) is 9.88 Å². The second-order valence-electron chi connectivity index (χ2n) is 7.96. The molecule has 0 spiro atoms. The van der Waals surface area contributed by atoms with Gasteiger partial charge >= 0.3 is 6.09 Å². The number of nitrogens with zero attached hydrogens (tertiary/aromatic N) is 2. The lowest BCUT2D eigenvalue weighted by Crippen LogP contribution is -2.48. The first-order valence-electron chi connectivity index (χ1n) is 8.98. The lowest BCUT2D eigenvalue weighted by Gasteiger charge is -2.39. The van der Waals surface area contributed by atoms with E-state index in [0.717, 1.165) is 24.8 Å². The van der Waals surface area contributed by atoms with Crippen LogP contribution in [0.25, 0.3) is 0 Å². The molecule has 1 aliphatic heterocycles. The van der Waals surface area contributed by atoms with Crippen molar-refractivity contribution in [3.8, 4) is 0 Å². The summed E-state index contributed by atoms with van der Waals surface area (Å²) in [6.07, 6.45) is 7.61. The number of piperidine rings is 1. The van der Waals surface area contributed by atoms with Gasteiger partial charge in [-0.15, -0.1) is 0 Å². The fraction of sp³-hybridized carbons (Fsp3) is 0.684. The Balaban J connectivity index is 1.81. The number of aliphatic hydroxyl groups is 1. The van der Waals surface area contributed by atoms with E-state index < -0.39 is 11.7 Å². The maximum Gasteiger partial charge on any atom is 0.410 e. The molecular weight excluding hydrogens is 304 g/mol. The van der Waals surface area contributed by atoms with Gasteiger partial charge in [0.05, 0.1) is 6.04 Å². The summed E-state index contributed by atoms with van der Waals surface area (Å²) in [7, 11) is 0. The molecule has 3 rings (SSSR count). The van der Waals surface area contributed by atoms with Gasteiger partial charge in [-0.3, -0.25) is 4.98 Å². The number of ether oxygens (including phenoxy) is 1. The average Bonchev–Trinajstić information content (AvgIpc) is 3.37. The van der Waals surface area contributed by atoms with Gasteiger partial charge in [-0.2, -0.15) is 0 Å². The Labute approximate surface area is 144 Å². The summed E-state index contributed by atoms with van der Waals surface area (Å²) >= 11 is 0. The minimum absolute atomic E-state index is 0.240. The maximum atomic E-state index is 12.6. The molecule has 2 aliphatic rings. The number of carbonyl (C=O) groups is 1. The highest BCUT2D eigenvalue weighted by Crippen LogP contribution is 2.44. The molecule has 1 saturated heterocycles. The molecule has 0 radical (unpaired) electrons. The highest BCUT2D eigenvalue weighted by Gasteiger charge is 2.37. The standard InChI is InChI=1S/C19H28N2O3/c1-19(2,3)24-18(23)21-11-5-4-6-16(21)17(22)15-12-20-10-9-14(15)13-7-8-13/h9-10,12-13,16-17,22H,4-8,11H2,1-3H3/t16-,17?/m0/s1. The van der Waals surface area contributed by atoms with Crippen LogP contribution in [0.4, 0.5) is 4.79 Å². The first-order valence-corrected chi connectivity index (χ1v) is 8.98. The van der Waals surface area contributed by atoms with Crippen LogP contribution in [-0.4, -0.2) is 39.3 Å². The monoisotopic (exact) mass is 332 g/mol. The minimum Gasteiger partial charge on any atom is -0.444 e. The summed E-state index contributed by atoms with van der Waals surface area (Å²) < 4.78 is 5.54. The fourth-order valence-electron chi connectivity index (χ4n) is 3.47. The lowest BCUT2D eigenvalue weighted by molar-refractivity contribution is -0.0171. The average molecular weight is 332 g/mol. The molecule has 132 valence electrons. The summed E-state index contributed by atoms with van der Waals surface area (Å²) in [5, 5.41) is 11.0. The van der Waals surface area contributed by atoms with Crippen LogP contribution in [0.2, 0.25) is 0 Å². The maximum absolute atomic E-state index is 12.6. The molecule has 24 heavy (non-hydrogen) atoms. The van der Waals surface area contributed by atoms with Crippen LogP contribution in [0.1, 0.15) is 76.0 Å². The molecule has 5 nitrogen and oxygen atoms in total. The molecule has 1 aromatic heterocycles. The van der Waals surface area contributed by atoms with Crippen LogP contribution in [0.5, 0.6) is 0 Å². The van der Waals surface area contributed by atoms with E-state index in [9.17, 15) is 9.90 Å². The largest absolute Gasteiger partial charge is 0.444 e. The topological polar surface area (TPSA) is 62.7 Å². The van der Waals surface area contributed by atoms with E-state index in [1.807, 2.05) is 26.8 Å². The van der Waals surface area contributed by atoms with E-state index in [2.05, 4.69) is 4.98 Å². The van der Waals surface area contributed by atoms with Gasteiger partial charge in [-0.25, -0.2) is 4.79 Å². The van der Waals surface area contributed by atoms with Gasteiger partial charge in [0, 0.05) is 24.5 Å². The summed E-state index contributed by atoms with van der Waals surface area (Å²) in [5.74, 6) is 0.538. The fourth-order valence-corrected chi connectivity index (χ4v) is 3.47. The number of aromatic nitrogens is 1. The Bertz CT molecular complexity index is 593. The Morgan fingerprint density at radius 2 is 2.08 bits per heavy atom. The molecule has 1 unspecified atom stereocenters. The van der Waals surface area contributed by atoms with E-state index in [0.29, 0.717) is 12.5 Å². The predicted molar refractivity (Wildman–Crippen MR) is 91.8 cm³/mol. The van der Waals surface area contributed by atoms with Crippen LogP contribution >= 0.6 is 0 Å². The van der Waals surface area contributed by atoms with E-state index in [-0.39, 0.29) is 12.1 Å². The molecule has 1 aromatic rings. The summed E-state index contributed by atoms with van der Waals surface area (Å²) in [5.41, 5.74) is 1.53. The van der Waals surface area contributed by atoms with Crippen LogP contribution in [0, 0.1) is 0 Å². The summed E-state index contributed by atoms with van der Waals surface area (Å²) in [4.78, 5) is 18.5. The number of amides is 1. The molecule has 2 atom stereocenters. The molecule has 1 N–H and O–H groups in total. The van der Waals surface area contributed by atoms with Crippen LogP contribution in [0.3, 0.4) is 0 Å². The van der Waals surface area contributed by atoms with Crippen molar-refractivity contribution in [3.63, 3.8) is 0 Å². The van der Waals surface area contributed by atoms with E-state index in [1.165, 1.54) is 18.4 Å². The molecule has 1 aliphatic carbocycles. The number of pyridine rings is 1. The second-order valence-corrected chi connectivity index (χ2v) is 7.96. The number of aliphatic hydroxyl groups excluding tert-OH is 1. The van der Waals surface area contributed by atoms with Gasteiger partial charge in [0.1, 0.15) is 11.7 Å². The minimum atomic E-state index is -0.706. The first kappa shape index (κ1) is 17.2. The molecule has 0 aromatic carbocycles. The van der Waals surface area contributed by atoms with Gasteiger partial charge in [-0.1, -0.05) is 0 Å². The number of likely N-dealkylation sites (tertiary alicyclic amines) is 1. The molecule has 0 bridgehead atoms. The quantitative estimate of drug-likeness (QED) is 0.915. The smallest absolute Gasteiger partial charge is 0.410 e. The van der Waals surface area contributed by atoms with Crippen molar-refractivity contribution in [3.05, 3.63) is 29.6 Å². The highest BCUT2D eigenvalue weighted by molar-refractivity contribution is 5.69. The Kier molecular flexibility index (Phi) is 4.81. The van der Waals surface area contributed by atoms with Crippen molar-refractivity contribution in [2.45, 2.75) is 76.5 Å². The van der Waals surface area contributed by atoms with Crippen molar-refractivity contribution >= 4 is 6.09 Å². The molecular formula is C19H28N2O3. The third kappa shape index (κ3) is 3.89. The van der Waals surface area contributed by atoms with Gasteiger partial charge in [-0.05, 0) is 70.4 Å². The first-order chi connectivity index (χ1) is 11.4. The third-order valence-corrected chi connectivity index (χ3v) is 4.76. The lowest BCUT2D eigenvalue weighted by atomic mass is 9.90. The van der Waals surface area contributed by atoms with E-state index >= 15 is 0 Å². The number of rotatable bonds is 3. The van der Waals surface area contributed by atoms with Gasteiger partial charge in [0.2, 0.25) is 0 Å². The van der Waals surface area contributed by atoms with Gasteiger partial charge in [0.15, 0.2) is 0 Å². The third-order valence-electron chi connectivity index (χ3n) is 4.76. The SMILES string of the molecule is CC(C)(C)OC(=O)N1CCCC[C@H]1C(O)c1cnccc1C1CC1. The van der Waals surface area contributed by atoms with Gasteiger partial charge in [0.25, 0.3) is 0 Å². The van der Waals surface area contributed by atoms with Gasteiger partial charge < -0.3 is 14.7 Å². The predicted octanol–water partition coefficient (Wildman–Crippen LogP) is 3.78. The highest BCUT2D eigenvalue weighted by atomic mass is 16.6. The zero-order chi connectivity index (χ0) is 17.3. The Hall–Kier alpha value is -1.62. The normalized spacial score (nSPS) is 23.0. The Morgan fingerprint density at radius 3 is 2.75 bits per heavy atom. The molecule has 2 heterocycles.